The largest absolute Gasteiger partial charge is 0.483 e. The van der Waals surface area contributed by atoms with Crippen LogP contribution in [0.5, 0.6) is 5.75 Å². The topological polar surface area (TPSA) is 136 Å². The van der Waals surface area contributed by atoms with Gasteiger partial charge >= 0.3 is 0 Å². The smallest absolute Gasteiger partial charge is 0.258 e. The number of aromatic amines is 1. The van der Waals surface area contributed by atoms with Crippen LogP contribution in [0.15, 0.2) is 30.5 Å². The lowest BCUT2D eigenvalue weighted by molar-refractivity contribution is -0.130. The van der Waals surface area contributed by atoms with Gasteiger partial charge in [-0.1, -0.05) is 19.9 Å². The molecule has 9 heteroatoms. The number of H-pyrrole nitrogens is 1. The van der Waals surface area contributed by atoms with E-state index in [1.54, 1.807) is 12.3 Å². The zero-order valence-corrected chi connectivity index (χ0v) is 18.3. The maximum absolute atomic E-state index is 12.8. The first-order chi connectivity index (χ1) is 15.4. The molecule has 0 unspecified atom stereocenters. The minimum absolute atomic E-state index is 0.0962. The SMILES string of the molecule is CC(C)C[C@H](NC(=O)COc1cccc2[nH]ccc12)C(=O)N[C@H](C#N)C[C@@H]1CCNC1=O. The summed E-state index contributed by atoms with van der Waals surface area (Å²) in [6, 6.07) is 7.82. The number of hydrogen-bond acceptors (Lipinski definition) is 5. The molecule has 9 nitrogen and oxygen atoms in total. The van der Waals surface area contributed by atoms with Crippen molar-refractivity contribution in [3.8, 4) is 11.8 Å². The summed E-state index contributed by atoms with van der Waals surface area (Å²) in [4.78, 5) is 40.2. The monoisotopic (exact) mass is 439 g/mol. The second-order valence-corrected chi connectivity index (χ2v) is 8.44. The van der Waals surface area contributed by atoms with Gasteiger partial charge in [-0.15, -0.1) is 0 Å². The van der Waals surface area contributed by atoms with Gasteiger partial charge in [0.05, 0.1) is 6.07 Å². The van der Waals surface area contributed by atoms with Crippen molar-refractivity contribution < 1.29 is 19.1 Å². The molecule has 3 atom stereocenters. The van der Waals surface area contributed by atoms with Gasteiger partial charge in [-0.25, -0.2) is 0 Å². The molecule has 2 heterocycles. The fourth-order valence-electron chi connectivity index (χ4n) is 3.84. The molecule has 1 aliphatic rings. The van der Waals surface area contributed by atoms with E-state index in [0.717, 1.165) is 10.9 Å². The molecule has 2 aromatic rings. The molecular weight excluding hydrogens is 410 g/mol. The molecule has 4 N–H and O–H groups in total. The quantitative estimate of drug-likeness (QED) is 0.446. The fraction of sp³-hybridized carbons (Fsp3) is 0.478. The molecule has 32 heavy (non-hydrogen) atoms. The number of carbonyl (C=O) groups excluding carboxylic acids is 3. The predicted octanol–water partition coefficient (Wildman–Crippen LogP) is 1.61. The molecule has 0 saturated carbocycles. The molecule has 3 amide bonds. The third-order valence-corrected chi connectivity index (χ3v) is 5.43. The van der Waals surface area contributed by atoms with Crippen LogP contribution < -0.4 is 20.7 Å². The molecule has 0 bridgehead atoms. The highest BCUT2D eigenvalue weighted by Crippen LogP contribution is 2.24. The van der Waals surface area contributed by atoms with Gasteiger partial charge < -0.3 is 25.7 Å². The minimum Gasteiger partial charge on any atom is -0.483 e. The van der Waals surface area contributed by atoms with Crippen molar-refractivity contribution in [2.75, 3.05) is 13.2 Å². The summed E-state index contributed by atoms with van der Waals surface area (Å²) in [7, 11) is 0. The standard InChI is InChI=1S/C23H29N5O4/c1-14(2)10-19(23(31)27-16(12-24)11-15-6-8-26-22(15)30)28-21(29)13-32-20-5-3-4-18-17(20)7-9-25-18/h3-5,7,9,14-16,19,25H,6,8,10-11,13H2,1-2H3,(H,26,30)(H,27,31)(H,28,29)/t15-,16-,19-/m0/s1. The van der Waals surface area contributed by atoms with E-state index >= 15 is 0 Å². The summed E-state index contributed by atoms with van der Waals surface area (Å²) in [6.07, 6.45) is 3.10. The van der Waals surface area contributed by atoms with E-state index in [2.05, 4.69) is 27.0 Å². The van der Waals surface area contributed by atoms with Crippen LogP contribution in [0.25, 0.3) is 10.9 Å². The normalized spacial score (nSPS) is 17.4. The number of hydrogen-bond donors (Lipinski definition) is 4. The first-order valence-corrected chi connectivity index (χ1v) is 10.8. The summed E-state index contributed by atoms with van der Waals surface area (Å²) < 4.78 is 5.67. The van der Waals surface area contributed by atoms with E-state index < -0.39 is 23.9 Å². The van der Waals surface area contributed by atoms with Crippen molar-refractivity contribution in [2.45, 2.75) is 45.2 Å². The summed E-state index contributed by atoms with van der Waals surface area (Å²) >= 11 is 0. The Kier molecular flexibility index (Phi) is 7.71. The summed E-state index contributed by atoms with van der Waals surface area (Å²) in [5.74, 6) is -0.541. The first-order valence-electron chi connectivity index (χ1n) is 10.8. The van der Waals surface area contributed by atoms with Gasteiger partial charge in [0.2, 0.25) is 11.8 Å². The van der Waals surface area contributed by atoms with Gasteiger partial charge in [0.1, 0.15) is 17.8 Å². The first kappa shape index (κ1) is 23.1. The Bertz CT molecular complexity index is 1010. The van der Waals surface area contributed by atoms with Crippen molar-refractivity contribution in [3.63, 3.8) is 0 Å². The van der Waals surface area contributed by atoms with Crippen LogP contribution in [0.1, 0.15) is 33.1 Å². The van der Waals surface area contributed by atoms with E-state index in [9.17, 15) is 19.6 Å². The number of amides is 3. The van der Waals surface area contributed by atoms with Crippen molar-refractivity contribution in [1.82, 2.24) is 20.9 Å². The van der Waals surface area contributed by atoms with Crippen molar-refractivity contribution >= 4 is 28.6 Å². The minimum atomic E-state index is -0.803. The Morgan fingerprint density at radius 3 is 2.78 bits per heavy atom. The van der Waals surface area contributed by atoms with E-state index in [-0.39, 0.29) is 30.8 Å². The maximum atomic E-state index is 12.8. The number of nitrogens with zero attached hydrogens (tertiary/aromatic N) is 1. The average molecular weight is 440 g/mol. The lowest BCUT2D eigenvalue weighted by Gasteiger charge is -2.22. The van der Waals surface area contributed by atoms with Gasteiger partial charge in [-0.3, -0.25) is 14.4 Å². The second-order valence-electron chi connectivity index (χ2n) is 8.44. The van der Waals surface area contributed by atoms with E-state index in [0.29, 0.717) is 25.1 Å². The highest BCUT2D eigenvalue weighted by Gasteiger charge is 2.30. The van der Waals surface area contributed by atoms with E-state index in [1.807, 2.05) is 32.0 Å². The van der Waals surface area contributed by atoms with Gasteiger partial charge in [0.15, 0.2) is 6.61 Å². The third kappa shape index (κ3) is 6.00. The molecular formula is C23H29N5O4. The number of benzene rings is 1. The molecule has 1 aliphatic heterocycles. The van der Waals surface area contributed by atoms with E-state index in [1.165, 1.54) is 0 Å². The Morgan fingerprint density at radius 1 is 1.28 bits per heavy atom. The lowest BCUT2D eigenvalue weighted by atomic mass is 9.98. The van der Waals surface area contributed by atoms with Crippen LogP contribution >= 0.6 is 0 Å². The molecule has 0 spiro atoms. The average Bonchev–Trinajstić information content (AvgIpc) is 3.40. The van der Waals surface area contributed by atoms with Crippen LogP contribution in [-0.4, -0.2) is 47.9 Å². The van der Waals surface area contributed by atoms with Gasteiger partial charge in [0.25, 0.3) is 5.91 Å². The Hall–Kier alpha value is -3.54. The molecule has 3 rings (SSSR count). The summed E-state index contributed by atoms with van der Waals surface area (Å²) in [5, 5.41) is 18.4. The number of ether oxygens (including phenoxy) is 1. The van der Waals surface area contributed by atoms with E-state index in [4.69, 9.17) is 4.74 Å². The van der Waals surface area contributed by atoms with Crippen LogP contribution in [-0.2, 0) is 14.4 Å². The van der Waals surface area contributed by atoms with Gasteiger partial charge in [-0.05, 0) is 43.4 Å². The lowest BCUT2D eigenvalue weighted by Crippen LogP contribution is -2.51. The number of carbonyl (C=O) groups is 3. The highest BCUT2D eigenvalue weighted by molar-refractivity contribution is 5.89. The van der Waals surface area contributed by atoms with Crippen molar-refractivity contribution in [2.24, 2.45) is 11.8 Å². The second kappa shape index (κ2) is 10.7. The zero-order chi connectivity index (χ0) is 23.1. The third-order valence-electron chi connectivity index (χ3n) is 5.43. The summed E-state index contributed by atoms with van der Waals surface area (Å²) in [6.45, 7) is 4.23. The Morgan fingerprint density at radius 2 is 2.09 bits per heavy atom. The maximum Gasteiger partial charge on any atom is 0.258 e. The van der Waals surface area contributed by atoms with Crippen LogP contribution in [0.4, 0.5) is 0 Å². The van der Waals surface area contributed by atoms with Crippen molar-refractivity contribution in [1.29, 1.82) is 5.26 Å². The molecule has 1 saturated heterocycles. The molecule has 1 aromatic carbocycles. The molecule has 0 aliphatic carbocycles. The number of fused-ring (bicyclic) bond motifs is 1. The summed E-state index contributed by atoms with van der Waals surface area (Å²) in [5.41, 5.74) is 0.901. The molecule has 0 radical (unpaired) electrons. The Balaban J connectivity index is 1.57. The number of rotatable bonds is 10. The Labute approximate surface area is 186 Å². The molecule has 1 aromatic heterocycles. The van der Waals surface area contributed by atoms with Crippen LogP contribution in [0.2, 0.25) is 0 Å². The van der Waals surface area contributed by atoms with Crippen LogP contribution in [0.3, 0.4) is 0 Å². The zero-order valence-electron chi connectivity index (χ0n) is 18.3. The predicted molar refractivity (Wildman–Crippen MR) is 118 cm³/mol. The highest BCUT2D eigenvalue weighted by atomic mass is 16.5. The van der Waals surface area contributed by atoms with Crippen LogP contribution in [0, 0.1) is 23.2 Å². The number of nitrogens with one attached hydrogen (secondary N) is 4. The number of aromatic nitrogens is 1. The van der Waals surface area contributed by atoms with Crippen molar-refractivity contribution in [3.05, 3.63) is 30.5 Å². The molecule has 170 valence electrons. The van der Waals surface area contributed by atoms with Gasteiger partial charge in [0, 0.05) is 29.6 Å². The number of nitriles is 1. The fourth-order valence-corrected chi connectivity index (χ4v) is 3.84. The van der Waals surface area contributed by atoms with Gasteiger partial charge in [-0.2, -0.15) is 5.26 Å². The molecule has 1 fully saturated rings.